The molecule has 1 N–H and O–H groups in total. The molecule has 0 saturated carbocycles. The number of aromatic nitrogens is 3. The summed E-state index contributed by atoms with van der Waals surface area (Å²) < 4.78 is 13.2. The summed E-state index contributed by atoms with van der Waals surface area (Å²) in [6.07, 6.45) is 3.41. The topological polar surface area (TPSA) is 104 Å². The van der Waals surface area contributed by atoms with Gasteiger partial charge in [0.1, 0.15) is 17.7 Å². The first-order valence-electron chi connectivity index (χ1n) is 9.04. The smallest absolute Gasteiger partial charge is 0.332 e. The Balaban J connectivity index is 1.97. The fraction of sp³-hybridized carbons (Fsp3) is 0.556. The van der Waals surface area contributed by atoms with E-state index in [1.807, 2.05) is 6.92 Å². The number of amides is 1. The molecule has 9 heteroatoms. The van der Waals surface area contributed by atoms with Gasteiger partial charge in [-0.1, -0.05) is 0 Å². The van der Waals surface area contributed by atoms with Crippen molar-refractivity contribution < 1.29 is 14.3 Å². The lowest BCUT2D eigenvalue weighted by Gasteiger charge is -2.15. The van der Waals surface area contributed by atoms with E-state index in [4.69, 9.17) is 9.47 Å². The monoisotopic (exact) mass is 376 g/mol. The maximum atomic E-state index is 13.0. The second-order valence-electron chi connectivity index (χ2n) is 6.57. The third-order valence-corrected chi connectivity index (χ3v) is 4.63. The van der Waals surface area contributed by atoms with Gasteiger partial charge < -0.3 is 14.8 Å². The van der Waals surface area contributed by atoms with Gasteiger partial charge in [-0.2, -0.15) is 0 Å². The van der Waals surface area contributed by atoms with Crippen LogP contribution < -0.4 is 21.3 Å². The van der Waals surface area contributed by atoms with Crippen LogP contribution in [-0.4, -0.2) is 45.9 Å². The lowest BCUT2D eigenvalue weighted by Crippen LogP contribution is -2.44. The Labute approximate surface area is 155 Å². The molecule has 0 aliphatic carbocycles. The van der Waals surface area contributed by atoms with Crippen molar-refractivity contribution in [2.75, 3.05) is 19.8 Å². The minimum absolute atomic E-state index is 0.0125. The Hall–Kier alpha value is -2.68. The van der Waals surface area contributed by atoms with Crippen molar-refractivity contribution in [3.63, 3.8) is 0 Å². The van der Waals surface area contributed by atoms with Gasteiger partial charge in [-0.3, -0.25) is 14.2 Å². The number of hydrogen-bond donors (Lipinski definition) is 1. The lowest BCUT2D eigenvalue weighted by molar-refractivity contribution is -0.122. The molecule has 1 amide bonds. The summed E-state index contributed by atoms with van der Waals surface area (Å²) in [5, 5.41) is 2.93. The van der Waals surface area contributed by atoms with E-state index in [-0.39, 0.29) is 23.7 Å². The molecule has 1 aliphatic heterocycles. The van der Waals surface area contributed by atoms with Crippen LogP contribution in [0.3, 0.4) is 0 Å². The van der Waals surface area contributed by atoms with Crippen LogP contribution >= 0.6 is 0 Å². The standard InChI is InChI=1S/C18H24N4O5/c1-4-26-15-11(2)8-20-16-14(15)17(24)22(18(25)21(16)3)10-13(23)19-9-12-6-5-7-27-12/h8,12H,4-7,9-10H2,1-3H3,(H,19,23)/t12-/m0/s1. The molecule has 1 atom stereocenters. The first kappa shape index (κ1) is 19.1. The average molecular weight is 376 g/mol. The van der Waals surface area contributed by atoms with E-state index >= 15 is 0 Å². The molecule has 27 heavy (non-hydrogen) atoms. The highest BCUT2D eigenvalue weighted by atomic mass is 16.5. The van der Waals surface area contributed by atoms with Gasteiger partial charge in [-0.05, 0) is 26.7 Å². The van der Waals surface area contributed by atoms with Crippen LogP contribution in [0, 0.1) is 6.92 Å². The fourth-order valence-electron chi connectivity index (χ4n) is 3.22. The summed E-state index contributed by atoms with van der Waals surface area (Å²) in [7, 11) is 1.52. The molecule has 1 aliphatic rings. The molecule has 2 aromatic rings. The molecule has 1 fully saturated rings. The van der Waals surface area contributed by atoms with Crippen LogP contribution in [0.25, 0.3) is 11.0 Å². The molecule has 0 spiro atoms. The van der Waals surface area contributed by atoms with Crippen LogP contribution in [0.15, 0.2) is 15.8 Å². The van der Waals surface area contributed by atoms with Gasteiger partial charge in [0.2, 0.25) is 5.91 Å². The van der Waals surface area contributed by atoms with Crippen molar-refractivity contribution in [1.29, 1.82) is 0 Å². The molecular weight excluding hydrogens is 352 g/mol. The largest absolute Gasteiger partial charge is 0.493 e. The Morgan fingerprint density at radius 2 is 2.22 bits per heavy atom. The van der Waals surface area contributed by atoms with Crippen molar-refractivity contribution in [3.05, 3.63) is 32.6 Å². The van der Waals surface area contributed by atoms with Gasteiger partial charge in [-0.25, -0.2) is 14.3 Å². The van der Waals surface area contributed by atoms with Crippen molar-refractivity contribution in [2.45, 2.75) is 39.3 Å². The predicted molar refractivity (Wildman–Crippen MR) is 99.1 cm³/mol. The van der Waals surface area contributed by atoms with Gasteiger partial charge in [0.15, 0.2) is 5.65 Å². The minimum atomic E-state index is -0.599. The quantitative estimate of drug-likeness (QED) is 0.767. The van der Waals surface area contributed by atoms with Crippen LogP contribution in [0.5, 0.6) is 5.75 Å². The van der Waals surface area contributed by atoms with Gasteiger partial charge in [0, 0.05) is 32.0 Å². The third kappa shape index (κ3) is 3.73. The summed E-state index contributed by atoms with van der Waals surface area (Å²) in [5.74, 6) is -0.0285. The van der Waals surface area contributed by atoms with E-state index in [2.05, 4.69) is 10.3 Å². The number of aryl methyl sites for hydroxylation is 2. The zero-order valence-electron chi connectivity index (χ0n) is 15.8. The number of ether oxygens (including phenoxy) is 2. The molecule has 2 aromatic heterocycles. The van der Waals surface area contributed by atoms with Gasteiger partial charge in [0.25, 0.3) is 5.56 Å². The number of fused-ring (bicyclic) bond motifs is 1. The zero-order valence-corrected chi connectivity index (χ0v) is 15.8. The lowest BCUT2D eigenvalue weighted by atomic mass is 10.2. The molecule has 0 aromatic carbocycles. The Morgan fingerprint density at radius 1 is 1.44 bits per heavy atom. The number of nitrogens with zero attached hydrogens (tertiary/aromatic N) is 3. The second-order valence-corrected chi connectivity index (χ2v) is 6.57. The summed E-state index contributed by atoms with van der Waals surface area (Å²) in [5.41, 5.74) is -0.261. The van der Waals surface area contributed by atoms with E-state index in [0.717, 1.165) is 17.4 Å². The normalized spacial score (nSPS) is 16.6. The van der Waals surface area contributed by atoms with Crippen molar-refractivity contribution >= 4 is 16.9 Å². The van der Waals surface area contributed by atoms with E-state index in [0.29, 0.717) is 31.1 Å². The number of nitrogens with one attached hydrogen (secondary N) is 1. The first-order chi connectivity index (χ1) is 12.9. The molecule has 3 heterocycles. The number of carbonyl (C=O) groups excluding carboxylic acids is 1. The Kier molecular flexibility index (Phi) is 5.59. The number of pyridine rings is 1. The molecule has 9 nitrogen and oxygen atoms in total. The molecule has 0 radical (unpaired) electrons. The van der Waals surface area contributed by atoms with Crippen molar-refractivity contribution in [1.82, 2.24) is 19.4 Å². The molecule has 0 unspecified atom stereocenters. The first-order valence-corrected chi connectivity index (χ1v) is 9.04. The van der Waals surface area contributed by atoms with E-state index in [1.165, 1.54) is 11.6 Å². The van der Waals surface area contributed by atoms with Crippen LogP contribution in [0.2, 0.25) is 0 Å². The molecular formula is C18H24N4O5. The van der Waals surface area contributed by atoms with Gasteiger partial charge in [-0.15, -0.1) is 0 Å². The average Bonchev–Trinajstić information content (AvgIpc) is 3.17. The van der Waals surface area contributed by atoms with Crippen LogP contribution in [0.1, 0.15) is 25.3 Å². The highest BCUT2D eigenvalue weighted by Crippen LogP contribution is 2.24. The van der Waals surface area contributed by atoms with Gasteiger partial charge >= 0.3 is 5.69 Å². The highest BCUT2D eigenvalue weighted by molar-refractivity contribution is 5.83. The molecule has 146 valence electrons. The SMILES string of the molecule is CCOc1c(C)cnc2c1c(=O)n(CC(=O)NC[C@@H]1CCCO1)c(=O)n2C. The summed E-state index contributed by atoms with van der Waals surface area (Å²) in [6.45, 7) is 4.65. The summed E-state index contributed by atoms with van der Waals surface area (Å²) in [6, 6.07) is 0. The Bertz CT molecular complexity index is 972. The molecule has 3 rings (SSSR count). The van der Waals surface area contributed by atoms with Crippen LogP contribution in [-0.2, 0) is 23.1 Å². The van der Waals surface area contributed by atoms with E-state index in [9.17, 15) is 14.4 Å². The zero-order chi connectivity index (χ0) is 19.6. The predicted octanol–water partition coefficient (Wildman–Crippen LogP) is 0.0975. The fourth-order valence-corrected chi connectivity index (χ4v) is 3.22. The van der Waals surface area contributed by atoms with Crippen molar-refractivity contribution in [2.24, 2.45) is 7.05 Å². The molecule has 0 bridgehead atoms. The van der Waals surface area contributed by atoms with E-state index < -0.39 is 17.2 Å². The van der Waals surface area contributed by atoms with Crippen LogP contribution in [0.4, 0.5) is 0 Å². The summed E-state index contributed by atoms with van der Waals surface area (Å²) in [4.78, 5) is 42.0. The Morgan fingerprint density at radius 3 is 2.89 bits per heavy atom. The van der Waals surface area contributed by atoms with Crippen molar-refractivity contribution in [3.8, 4) is 5.75 Å². The van der Waals surface area contributed by atoms with Gasteiger partial charge in [0.05, 0.1) is 12.7 Å². The second kappa shape index (κ2) is 7.91. The minimum Gasteiger partial charge on any atom is -0.493 e. The summed E-state index contributed by atoms with van der Waals surface area (Å²) >= 11 is 0. The number of carbonyl (C=O) groups is 1. The molecule has 1 saturated heterocycles. The third-order valence-electron chi connectivity index (χ3n) is 4.63. The highest BCUT2D eigenvalue weighted by Gasteiger charge is 2.20. The number of rotatable bonds is 6. The maximum absolute atomic E-state index is 13.0. The maximum Gasteiger partial charge on any atom is 0.332 e. The number of hydrogen-bond acceptors (Lipinski definition) is 6. The van der Waals surface area contributed by atoms with E-state index in [1.54, 1.807) is 13.1 Å².